The highest BCUT2D eigenvalue weighted by atomic mass is 15.3. The fourth-order valence-electron chi connectivity index (χ4n) is 5.74. The minimum atomic E-state index is 0.720. The van der Waals surface area contributed by atoms with Crippen molar-refractivity contribution in [2.24, 2.45) is 11.8 Å². The summed E-state index contributed by atoms with van der Waals surface area (Å²) in [5, 5.41) is 0. The summed E-state index contributed by atoms with van der Waals surface area (Å²) in [6.07, 6.45) is 8.57. The monoisotopic (exact) mass is 349 g/mol. The standard InChI is InChI=1S/C22H43N3/c1-17(2)20-6-8-22(9-7-20)25-15-14-24(16-19(25)5)21-10-12-23(13-11-21)18(3)4/h17-22H,6-16H2,1-5H3/t19-,20?,22?/m1/s1. The van der Waals surface area contributed by atoms with Crippen molar-refractivity contribution < 1.29 is 0 Å². The number of hydrogen-bond donors (Lipinski definition) is 0. The SMILES string of the molecule is CC(C)C1CCC(N2CCN(C3CCN(C(C)C)CC3)C[C@H]2C)CC1. The zero-order valence-electron chi connectivity index (χ0n) is 17.6. The van der Waals surface area contributed by atoms with Crippen LogP contribution in [0.3, 0.4) is 0 Å². The lowest BCUT2D eigenvalue weighted by Crippen LogP contribution is -2.59. The number of likely N-dealkylation sites (tertiary alicyclic amines) is 1. The number of hydrogen-bond acceptors (Lipinski definition) is 3. The molecule has 146 valence electrons. The van der Waals surface area contributed by atoms with E-state index < -0.39 is 0 Å². The second kappa shape index (κ2) is 8.71. The molecule has 0 aromatic heterocycles. The minimum absolute atomic E-state index is 0.720. The quantitative estimate of drug-likeness (QED) is 0.757. The van der Waals surface area contributed by atoms with Gasteiger partial charge in [0.25, 0.3) is 0 Å². The second-order valence-electron chi connectivity index (χ2n) is 9.76. The summed E-state index contributed by atoms with van der Waals surface area (Å²) in [5.74, 6) is 1.87. The summed E-state index contributed by atoms with van der Waals surface area (Å²) in [6, 6.07) is 3.18. The zero-order valence-corrected chi connectivity index (χ0v) is 17.6. The van der Waals surface area contributed by atoms with Gasteiger partial charge in [-0.1, -0.05) is 13.8 Å². The first-order valence-corrected chi connectivity index (χ1v) is 11.2. The van der Waals surface area contributed by atoms with Crippen LogP contribution in [0.5, 0.6) is 0 Å². The molecule has 0 bridgehead atoms. The number of rotatable bonds is 4. The van der Waals surface area contributed by atoms with Crippen molar-refractivity contribution in [1.29, 1.82) is 0 Å². The Bertz CT molecular complexity index is 392. The molecule has 3 aliphatic rings. The van der Waals surface area contributed by atoms with E-state index in [4.69, 9.17) is 0 Å². The molecule has 0 aromatic rings. The van der Waals surface area contributed by atoms with Gasteiger partial charge >= 0.3 is 0 Å². The fourth-order valence-corrected chi connectivity index (χ4v) is 5.74. The fraction of sp³-hybridized carbons (Fsp3) is 1.00. The summed E-state index contributed by atoms with van der Waals surface area (Å²) in [4.78, 5) is 8.36. The highest BCUT2D eigenvalue weighted by molar-refractivity contribution is 4.91. The average Bonchev–Trinajstić information content (AvgIpc) is 2.62. The molecule has 1 aliphatic carbocycles. The van der Waals surface area contributed by atoms with Crippen LogP contribution in [0.25, 0.3) is 0 Å². The molecular formula is C22H43N3. The van der Waals surface area contributed by atoms with Crippen molar-refractivity contribution in [2.45, 2.75) is 97.3 Å². The molecule has 3 heteroatoms. The van der Waals surface area contributed by atoms with Crippen LogP contribution in [0.4, 0.5) is 0 Å². The summed E-state index contributed by atoms with van der Waals surface area (Å²) < 4.78 is 0. The van der Waals surface area contributed by atoms with Gasteiger partial charge < -0.3 is 4.90 Å². The summed E-state index contributed by atoms with van der Waals surface area (Å²) in [5.41, 5.74) is 0. The third kappa shape index (κ3) is 4.78. The van der Waals surface area contributed by atoms with Gasteiger partial charge in [-0.3, -0.25) is 9.80 Å². The Morgan fingerprint density at radius 2 is 1.36 bits per heavy atom. The third-order valence-electron chi connectivity index (χ3n) is 7.61. The predicted molar refractivity (Wildman–Crippen MR) is 108 cm³/mol. The van der Waals surface area contributed by atoms with Gasteiger partial charge in [0.15, 0.2) is 0 Å². The van der Waals surface area contributed by atoms with E-state index in [2.05, 4.69) is 49.3 Å². The van der Waals surface area contributed by atoms with E-state index in [1.54, 1.807) is 0 Å². The lowest BCUT2D eigenvalue weighted by molar-refractivity contribution is -0.00517. The molecule has 2 heterocycles. The van der Waals surface area contributed by atoms with Gasteiger partial charge in [-0.05, 0) is 84.2 Å². The largest absolute Gasteiger partial charge is 0.301 e. The van der Waals surface area contributed by atoms with Crippen molar-refractivity contribution in [1.82, 2.24) is 14.7 Å². The van der Waals surface area contributed by atoms with Crippen LogP contribution in [0.15, 0.2) is 0 Å². The molecule has 0 aromatic carbocycles. The van der Waals surface area contributed by atoms with Crippen molar-refractivity contribution >= 4 is 0 Å². The molecule has 3 rings (SSSR count). The van der Waals surface area contributed by atoms with E-state index >= 15 is 0 Å². The zero-order chi connectivity index (χ0) is 18.0. The van der Waals surface area contributed by atoms with Gasteiger partial charge in [-0.25, -0.2) is 0 Å². The molecular weight excluding hydrogens is 306 g/mol. The first-order chi connectivity index (χ1) is 12.0. The topological polar surface area (TPSA) is 9.72 Å². The molecule has 3 nitrogen and oxygen atoms in total. The van der Waals surface area contributed by atoms with E-state index in [0.717, 1.165) is 36.0 Å². The van der Waals surface area contributed by atoms with Crippen LogP contribution in [0, 0.1) is 11.8 Å². The number of piperidine rings is 1. The smallest absolute Gasteiger partial charge is 0.0198 e. The Hall–Kier alpha value is -0.120. The molecule has 0 spiro atoms. The van der Waals surface area contributed by atoms with Crippen LogP contribution >= 0.6 is 0 Å². The Kier molecular flexibility index (Phi) is 6.84. The molecule has 2 saturated heterocycles. The van der Waals surface area contributed by atoms with Crippen molar-refractivity contribution in [3.8, 4) is 0 Å². The normalized spacial score (nSPS) is 34.9. The first kappa shape index (κ1) is 19.6. The maximum Gasteiger partial charge on any atom is 0.0198 e. The number of nitrogens with zero attached hydrogens (tertiary/aromatic N) is 3. The molecule has 25 heavy (non-hydrogen) atoms. The van der Waals surface area contributed by atoms with Crippen molar-refractivity contribution in [3.05, 3.63) is 0 Å². The van der Waals surface area contributed by atoms with Crippen molar-refractivity contribution in [2.75, 3.05) is 32.7 Å². The van der Waals surface area contributed by atoms with Crippen LogP contribution in [-0.2, 0) is 0 Å². The van der Waals surface area contributed by atoms with Gasteiger partial charge in [0.1, 0.15) is 0 Å². The van der Waals surface area contributed by atoms with E-state index in [1.807, 2.05) is 0 Å². The molecule has 0 unspecified atom stereocenters. The summed E-state index contributed by atoms with van der Waals surface area (Å²) in [7, 11) is 0. The van der Waals surface area contributed by atoms with Gasteiger partial charge in [-0.2, -0.15) is 0 Å². The lowest BCUT2D eigenvalue weighted by Gasteiger charge is -2.49. The van der Waals surface area contributed by atoms with Gasteiger partial charge in [0.05, 0.1) is 0 Å². The molecule has 2 aliphatic heterocycles. The Labute approximate surface area is 157 Å². The molecule has 1 atom stereocenters. The van der Waals surface area contributed by atoms with Crippen LogP contribution in [-0.4, -0.2) is 71.6 Å². The molecule has 0 radical (unpaired) electrons. The minimum Gasteiger partial charge on any atom is -0.301 e. The van der Waals surface area contributed by atoms with E-state index in [0.29, 0.717) is 0 Å². The molecule has 3 fully saturated rings. The Morgan fingerprint density at radius 1 is 0.720 bits per heavy atom. The van der Waals surface area contributed by atoms with Crippen LogP contribution in [0.1, 0.15) is 73.1 Å². The average molecular weight is 350 g/mol. The molecule has 0 amide bonds. The Morgan fingerprint density at radius 3 is 1.88 bits per heavy atom. The highest BCUT2D eigenvalue weighted by Crippen LogP contribution is 2.34. The van der Waals surface area contributed by atoms with Crippen molar-refractivity contribution in [3.63, 3.8) is 0 Å². The van der Waals surface area contributed by atoms with E-state index in [9.17, 15) is 0 Å². The Balaban J connectivity index is 1.45. The van der Waals surface area contributed by atoms with Gasteiger partial charge in [0, 0.05) is 43.8 Å². The predicted octanol–water partition coefficient (Wildman–Crippen LogP) is 4.08. The number of piperazine rings is 1. The molecule has 0 N–H and O–H groups in total. The highest BCUT2D eigenvalue weighted by Gasteiger charge is 2.35. The summed E-state index contributed by atoms with van der Waals surface area (Å²) in [6.45, 7) is 18.5. The van der Waals surface area contributed by atoms with Crippen LogP contribution in [0.2, 0.25) is 0 Å². The van der Waals surface area contributed by atoms with Gasteiger partial charge in [0.2, 0.25) is 0 Å². The van der Waals surface area contributed by atoms with E-state index in [1.165, 1.54) is 71.2 Å². The summed E-state index contributed by atoms with van der Waals surface area (Å²) >= 11 is 0. The maximum atomic E-state index is 2.87. The van der Waals surface area contributed by atoms with Crippen LogP contribution < -0.4 is 0 Å². The lowest BCUT2D eigenvalue weighted by atomic mass is 9.79. The maximum absolute atomic E-state index is 2.87. The first-order valence-electron chi connectivity index (χ1n) is 11.2. The third-order valence-corrected chi connectivity index (χ3v) is 7.61. The van der Waals surface area contributed by atoms with Gasteiger partial charge in [-0.15, -0.1) is 0 Å². The second-order valence-corrected chi connectivity index (χ2v) is 9.76. The van der Waals surface area contributed by atoms with E-state index in [-0.39, 0.29) is 0 Å². The molecule has 1 saturated carbocycles.